The number of aliphatic hydroxyl groups is 1. The van der Waals surface area contributed by atoms with Crippen LogP contribution >= 0.6 is 0 Å². The van der Waals surface area contributed by atoms with Crippen LogP contribution in [-0.2, 0) is 19.1 Å². The summed E-state index contributed by atoms with van der Waals surface area (Å²) in [7, 11) is 0. The maximum atomic E-state index is 11.0. The highest BCUT2D eigenvalue weighted by atomic mass is 16.6. The minimum Gasteiger partial charge on any atom is -0.459 e. The highest BCUT2D eigenvalue weighted by Crippen LogP contribution is 2.08. The molecule has 0 heterocycles. The smallest absolute Gasteiger partial charge is 0.330 e. The van der Waals surface area contributed by atoms with Crippen molar-refractivity contribution in [1.29, 1.82) is 0 Å². The summed E-state index contributed by atoms with van der Waals surface area (Å²) in [6, 6.07) is 0. The van der Waals surface area contributed by atoms with Crippen molar-refractivity contribution in [2.45, 2.75) is 13.0 Å². The van der Waals surface area contributed by atoms with E-state index in [2.05, 4.69) is 13.2 Å². The SMILES string of the molecule is C=CC(=O)OCC(OC(=O)C=C)C(C)CO. The van der Waals surface area contributed by atoms with E-state index < -0.39 is 18.0 Å². The molecule has 0 aromatic carbocycles. The van der Waals surface area contributed by atoms with Gasteiger partial charge in [-0.15, -0.1) is 0 Å². The monoisotopic (exact) mass is 228 g/mol. The van der Waals surface area contributed by atoms with E-state index >= 15 is 0 Å². The summed E-state index contributed by atoms with van der Waals surface area (Å²) in [5.41, 5.74) is 0. The normalized spacial score (nSPS) is 13.4. The third kappa shape index (κ3) is 5.31. The predicted molar refractivity (Wildman–Crippen MR) is 57.5 cm³/mol. The van der Waals surface area contributed by atoms with Crippen molar-refractivity contribution < 1.29 is 24.2 Å². The molecule has 2 atom stereocenters. The summed E-state index contributed by atoms with van der Waals surface area (Å²) in [4.78, 5) is 21.8. The first kappa shape index (κ1) is 14.4. The van der Waals surface area contributed by atoms with Crippen molar-refractivity contribution in [3.63, 3.8) is 0 Å². The predicted octanol–water partition coefficient (Wildman–Crippen LogP) is 0.442. The Morgan fingerprint density at radius 2 is 1.88 bits per heavy atom. The zero-order chi connectivity index (χ0) is 12.6. The van der Waals surface area contributed by atoms with Crippen LogP contribution in [-0.4, -0.2) is 36.4 Å². The van der Waals surface area contributed by atoms with E-state index in [0.29, 0.717) is 0 Å². The molecule has 0 aliphatic carbocycles. The molecule has 2 unspecified atom stereocenters. The van der Waals surface area contributed by atoms with Crippen LogP contribution in [0.5, 0.6) is 0 Å². The van der Waals surface area contributed by atoms with Gasteiger partial charge in [-0.3, -0.25) is 0 Å². The Morgan fingerprint density at radius 1 is 1.31 bits per heavy atom. The van der Waals surface area contributed by atoms with Crippen LogP contribution in [0.4, 0.5) is 0 Å². The first-order chi connectivity index (χ1) is 7.54. The van der Waals surface area contributed by atoms with Gasteiger partial charge in [0.15, 0.2) is 0 Å². The molecule has 0 saturated heterocycles. The maximum Gasteiger partial charge on any atom is 0.330 e. The lowest BCUT2D eigenvalue weighted by atomic mass is 10.1. The van der Waals surface area contributed by atoms with Gasteiger partial charge < -0.3 is 14.6 Å². The molecule has 5 heteroatoms. The van der Waals surface area contributed by atoms with Gasteiger partial charge in [0.2, 0.25) is 0 Å². The van der Waals surface area contributed by atoms with Gasteiger partial charge in [-0.05, 0) is 0 Å². The van der Waals surface area contributed by atoms with E-state index in [1.165, 1.54) is 0 Å². The molecule has 0 rings (SSSR count). The third-order valence-corrected chi connectivity index (χ3v) is 1.91. The van der Waals surface area contributed by atoms with Gasteiger partial charge in [0, 0.05) is 24.7 Å². The van der Waals surface area contributed by atoms with Crippen molar-refractivity contribution in [1.82, 2.24) is 0 Å². The molecular formula is C11H16O5. The molecule has 0 fully saturated rings. The van der Waals surface area contributed by atoms with Crippen molar-refractivity contribution in [3.05, 3.63) is 25.3 Å². The summed E-state index contributed by atoms with van der Waals surface area (Å²) in [6.07, 6.45) is 1.32. The molecule has 90 valence electrons. The maximum absolute atomic E-state index is 11.0. The topological polar surface area (TPSA) is 72.8 Å². The highest BCUT2D eigenvalue weighted by molar-refractivity contribution is 5.82. The fourth-order valence-electron chi connectivity index (χ4n) is 0.853. The number of rotatable bonds is 7. The summed E-state index contributed by atoms with van der Waals surface area (Å²) in [5, 5.41) is 8.94. The van der Waals surface area contributed by atoms with Gasteiger partial charge in [0.1, 0.15) is 12.7 Å². The zero-order valence-corrected chi connectivity index (χ0v) is 9.22. The number of aliphatic hydroxyl groups excluding tert-OH is 1. The van der Waals surface area contributed by atoms with Crippen LogP contribution in [0.25, 0.3) is 0 Å². The van der Waals surface area contributed by atoms with Crippen LogP contribution in [0.2, 0.25) is 0 Å². The molecule has 0 saturated carbocycles. The lowest BCUT2D eigenvalue weighted by Gasteiger charge is -2.21. The van der Waals surface area contributed by atoms with Crippen molar-refractivity contribution >= 4 is 11.9 Å². The number of hydrogen-bond donors (Lipinski definition) is 1. The number of ether oxygens (including phenoxy) is 2. The van der Waals surface area contributed by atoms with E-state index in [9.17, 15) is 9.59 Å². The van der Waals surface area contributed by atoms with E-state index in [4.69, 9.17) is 14.6 Å². The molecule has 5 nitrogen and oxygen atoms in total. The zero-order valence-electron chi connectivity index (χ0n) is 9.22. The summed E-state index contributed by atoms with van der Waals surface area (Å²) < 4.78 is 9.66. The number of carbonyl (C=O) groups is 2. The first-order valence-electron chi connectivity index (χ1n) is 4.78. The van der Waals surface area contributed by atoms with E-state index in [1.807, 2.05) is 0 Å². The second kappa shape index (κ2) is 7.64. The summed E-state index contributed by atoms with van der Waals surface area (Å²) in [6.45, 7) is 7.85. The Balaban J connectivity index is 4.31. The molecular weight excluding hydrogens is 212 g/mol. The average molecular weight is 228 g/mol. The Bertz CT molecular complexity index is 272. The van der Waals surface area contributed by atoms with E-state index in [1.54, 1.807) is 6.92 Å². The molecule has 0 bridgehead atoms. The molecule has 16 heavy (non-hydrogen) atoms. The van der Waals surface area contributed by atoms with Crippen LogP contribution in [0.1, 0.15) is 6.92 Å². The van der Waals surface area contributed by atoms with Gasteiger partial charge in [-0.25, -0.2) is 9.59 Å². The van der Waals surface area contributed by atoms with Crippen molar-refractivity contribution in [2.24, 2.45) is 5.92 Å². The minimum atomic E-state index is -0.695. The number of hydrogen-bond acceptors (Lipinski definition) is 5. The Morgan fingerprint density at radius 3 is 2.31 bits per heavy atom. The molecule has 0 aromatic heterocycles. The molecule has 0 aliphatic heterocycles. The fourth-order valence-corrected chi connectivity index (χ4v) is 0.853. The number of carbonyl (C=O) groups excluding carboxylic acids is 2. The molecule has 0 radical (unpaired) electrons. The average Bonchev–Trinajstić information content (AvgIpc) is 2.32. The minimum absolute atomic E-state index is 0.119. The molecule has 0 aromatic rings. The lowest BCUT2D eigenvalue weighted by Crippen LogP contribution is -2.32. The molecule has 0 amide bonds. The van der Waals surface area contributed by atoms with Crippen molar-refractivity contribution in [3.8, 4) is 0 Å². The third-order valence-electron chi connectivity index (χ3n) is 1.91. The summed E-state index contributed by atoms with van der Waals surface area (Å²) >= 11 is 0. The Kier molecular flexibility index (Phi) is 6.87. The fraction of sp³-hybridized carbons (Fsp3) is 0.455. The lowest BCUT2D eigenvalue weighted by molar-refractivity contribution is -0.156. The van der Waals surface area contributed by atoms with Crippen molar-refractivity contribution in [2.75, 3.05) is 13.2 Å². The van der Waals surface area contributed by atoms with E-state index in [0.717, 1.165) is 12.2 Å². The van der Waals surface area contributed by atoms with Crippen LogP contribution in [0.15, 0.2) is 25.3 Å². The molecule has 0 aliphatic rings. The van der Waals surface area contributed by atoms with Gasteiger partial charge in [0.25, 0.3) is 0 Å². The first-order valence-corrected chi connectivity index (χ1v) is 4.78. The van der Waals surface area contributed by atoms with Crippen LogP contribution in [0, 0.1) is 5.92 Å². The second-order valence-corrected chi connectivity index (χ2v) is 3.17. The second-order valence-electron chi connectivity index (χ2n) is 3.17. The quantitative estimate of drug-likeness (QED) is 0.505. The van der Waals surface area contributed by atoms with Gasteiger partial charge in [-0.2, -0.15) is 0 Å². The van der Waals surface area contributed by atoms with Gasteiger partial charge >= 0.3 is 11.9 Å². The van der Waals surface area contributed by atoms with Crippen LogP contribution in [0.3, 0.4) is 0 Å². The van der Waals surface area contributed by atoms with Crippen LogP contribution < -0.4 is 0 Å². The Hall–Kier alpha value is -1.62. The number of esters is 2. The van der Waals surface area contributed by atoms with E-state index in [-0.39, 0.29) is 19.1 Å². The summed E-state index contributed by atoms with van der Waals surface area (Å²) in [5.74, 6) is -1.56. The molecule has 1 N–H and O–H groups in total. The largest absolute Gasteiger partial charge is 0.459 e. The van der Waals surface area contributed by atoms with Gasteiger partial charge in [-0.1, -0.05) is 20.1 Å². The van der Waals surface area contributed by atoms with Gasteiger partial charge in [0.05, 0.1) is 0 Å². The molecule has 0 spiro atoms. The Labute approximate surface area is 94.4 Å². The highest BCUT2D eigenvalue weighted by Gasteiger charge is 2.21. The standard InChI is InChI=1S/C11H16O5/c1-4-10(13)15-7-9(8(3)6-12)16-11(14)5-2/h4-5,8-9,12H,1-2,6-7H2,3H3.